The van der Waals surface area contributed by atoms with Crippen LogP contribution in [0, 0.1) is 5.82 Å². The van der Waals surface area contributed by atoms with Crippen molar-refractivity contribution in [1.82, 2.24) is 0 Å². The number of halogens is 2. The lowest BCUT2D eigenvalue weighted by Gasteiger charge is -2.13. The summed E-state index contributed by atoms with van der Waals surface area (Å²) in [6.45, 7) is 1.47. The number of carbonyl (C=O) groups is 2. The second-order valence-electron chi connectivity index (χ2n) is 4.55. The van der Waals surface area contributed by atoms with Crippen molar-refractivity contribution >= 4 is 33.5 Å². The van der Waals surface area contributed by atoms with Crippen molar-refractivity contribution in [1.29, 1.82) is 0 Å². The number of rotatable bonds is 4. The smallest absolute Gasteiger partial charge is 0.338 e. The molecule has 0 saturated carbocycles. The SMILES string of the molecule is C[C@H](OC(=O)c1cccc(Br)c1)C(=O)Nc1ccc(F)cc1. The molecule has 0 aromatic heterocycles. The number of benzene rings is 2. The van der Waals surface area contributed by atoms with E-state index in [1.54, 1.807) is 24.3 Å². The second kappa shape index (κ2) is 7.17. The largest absolute Gasteiger partial charge is 0.449 e. The number of nitrogens with one attached hydrogen (secondary N) is 1. The molecule has 0 unspecified atom stereocenters. The van der Waals surface area contributed by atoms with E-state index in [9.17, 15) is 14.0 Å². The Balaban J connectivity index is 1.96. The molecule has 0 saturated heterocycles. The molecule has 114 valence electrons. The molecule has 6 heteroatoms. The predicted octanol–water partition coefficient (Wildman–Crippen LogP) is 3.77. The first-order chi connectivity index (χ1) is 10.5. The lowest BCUT2D eigenvalue weighted by atomic mass is 10.2. The Morgan fingerprint density at radius 1 is 1.18 bits per heavy atom. The summed E-state index contributed by atoms with van der Waals surface area (Å²) in [6, 6.07) is 12.0. The molecule has 1 N–H and O–H groups in total. The first-order valence-electron chi connectivity index (χ1n) is 6.48. The quantitative estimate of drug-likeness (QED) is 0.839. The summed E-state index contributed by atoms with van der Waals surface area (Å²) in [7, 11) is 0. The lowest BCUT2D eigenvalue weighted by Crippen LogP contribution is -2.30. The minimum atomic E-state index is -0.975. The highest BCUT2D eigenvalue weighted by Gasteiger charge is 2.19. The normalized spacial score (nSPS) is 11.6. The van der Waals surface area contributed by atoms with Crippen LogP contribution >= 0.6 is 15.9 Å². The van der Waals surface area contributed by atoms with Gasteiger partial charge in [-0.3, -0.25) is 4.79 Å². The monoisotopic (exact) mass is 365 g/mol. The minimum absolute atomic E-state index is 0.343. The fraction of sp³-hybridized carbons (Fsp3) is 0.125. The van der Waals surface area contributed by atoms with Gasteiger partial charge in [0.05, 0.1) is 5.56 Å². The lowest BCUT2D eigenvalue weighted by molar-refractivity contribution is -0.123. The van der Waals surface area contributed by atoms with Crippen molar-refractivity contribution < 1.29 is 18.7 Å². The van der Waals surface area contributed by atoms with E-state index in [0.717, 1.165) is 4.47 Å². The Labute approximate surface area is 135 Å². The van der Waals surface area contributed by atoms with Gasteiger partial charge < -0.3 is 10.1 Å². The van der Waals surface area contributed by atoms with Crippen molar-refractivity contribution in [3.63, 3.8) is 0 Å². The topological polar surface area (TPSA) is 55.4 Å². The zero-order valence-corrected chi connectivity index (χ0v) is 13.3. The van der Waals surface area contributed by atoms with Crippen LogP contribution in [-0.2, 0) is 9.53 Å². The van der Waals surface area contributed by atoms with Gasteiger partial charge in [-0.1, -0.05) is 22.0 Å². The van der Waals surface area contributed by atoms with Crippen LogP contribution in [0.3, 0.4) is 0 Å². The van der Waals surface area contributed by atoms with Crippen LogP contribution in [-0.4, -0.2) is 18.0 Å². The van der Waals surface area contributed by atoms with Crippen LogP contribution in [0.25, 0.3) is 0 Å². The van der Waals surface area contributed by atoms with Gasteiger partial charge in [0.15, 0.2) is 6.10 Å². The highest BCUT2D eigenvalue weighted by molar-refractivity contribution is 9.10. The molecule has 1 amide bonds. The molecule has 0 fully saturated rings. The molecular weight excluding hydrogens is 353 g/mol. The molecule has 0 heterocycles. The predicted molar refractivity (Wildman–Crippen MR) is 84.0 cm³/mol. The van der Waals surface area contributed by atoms with Crippen LogP contribution in [0.4, 0.5) is 10.1 Å². The second-order valence-corrected chi connectivity index (χ2v) is 5.47. The third kappa shape index (κ3) is 4.39. The highest BCUT2D eigenvalue weighted by atomic mass is 79.9. The van der Waals surface area contributed by atoms with E-state index in [-0.39, 0.29) is 0 Å². The molecule has 0 aliphatic carbocycles. The Bertz CT molecular complexity index is 688. The number of amides is 1. The number of hydrogen-bond acceptors (Lipinski definition) is 3. The number of ether oxygens (including phenoxy) is 1. The standard InChI is InChI=1S/C16H13BrFNO3/c1-10(15(20)19-14-7-5-13(18)6-8-14)22-16(21)11-3-2-4-12(17)9-11/h2-10H,1H3,(H,19,20)/t10-/m0/s1. The van der Waals surface area contributed by atoms with Gasteiger partial charge in [0, 0.05) is 10.2 Å². The van der Waals surface area contributed by atoms with Gasteiger partial charge >= 0.3 is 5.97 Å². The molecule has 2 aromatic rings. The number of esters is 1. The molecule has 0 aliphatic rings. The summed E-state index contributed by atoms with van der Waals surface area (Å²) in [6.07, 6.45) is -0.975. The molecule has 2 rings (SSSR count). The van der Waals surface area contributed by atoms with Crippen molar-refractivity contribution in [2.75, 3.05) is 5.32 Å². The van der Waals surface area contributed by atoms with Crippen molar-refractivity contribution in [3.05, 3.63) is 64.4 Å². The highest BCUT2D eigenvalue weighted by Crippen LogP contribution is 2.14. The van der Waals surface area contributed by atoms with Crippen LogP contribution in [0.2, 0.25) is 0 Å². The van der Waals surface area contributed by atoms with Crippen molar-refractivity contribution in [2.45, 2.75) is 13.0 Å². The molecule has 0 aliphatic heterocycles. The van der Waals surface area contributed by atoms with Crippen LogP contribution < -0.4 is 5.32 Å². The van der Waals surface area contributed by atoms with E-state index >= 15 is 0 Å². The maximum atomic E-state index is 12.8. The zero-order valence-electron chi connectivity index (χ0n) is 11.7. The Morgan fingerprint density at radius 2 is 1.86 bits per heavy atom. The van der Waals surface area contributed by atoms with E-state index in [2.05, 4.69) is 21.2 Å². The summed E-state index contributed by atoms with van der Waals surface area (Å²) in [4.78, 5) is 23.9. The molecule has 4 nitrogen and oxygen atoms in total. The van der Waals surface area contributed by atoms with Gasteiger partial charge in [-0.25, -0.2) is 9.18 Å². The van der Waals surface area contributed by atoms with Gasteiger partial charge in [-0.15, -0.1) is 0 Å². The Morgan fingerprint density at radius 3 is 2.50 bits per heavy atom. The first-order valence-corrected chi connectivity index (χ1v) is 7.28. The van der Waals surface area contributed by atoms with Gasteiger partial charge in [0.25, 0.3) is 5.91 Å². The third-order valence-electron chi connectivity index (χ3n) is 2.83. The van der Waals surface area contributed by atoms with Gasteiger partial charge in [0.1, 0.15) is 5.82 Å². The first kappa shape index (κ1) is 16.2. The van der Waals surface area contributed by atoms with E-state index < -0.39 is 23.8 Å². The van der Waals surface area contributed by atoms with E-state index in [1.807, 2.05) is 0 Å². The number of anilines is 1. The van der Waals surface area contributed by atoms with Crippen molar-refractivity contribution in [2.24, 2.45) is 0 Å². The molecule has 0 bridgehead atoms. The van der Waals surface area contributed by atoms with Gasteiger partial charge in [-0.2, -0.15) is 0 Å². The van der Waals surface area contributed by atoms with E-state index in [1.165, 1.54) is 31.2 Å². The van der Waals surface area contributed by atoms with Crippen molar-refractivity contribution in [3.8, 4) is 0 Å². The summed E-state index contributed by atoms with van der Waals surface area (Å²) in [5.41, 5.74) is 0.771. The van der Waals surface area contributed by atoms with Gasteiger partial charge in [0.2, 0.25) is 0 Å². The summed E-state index contributed by atoms with van der Waals surface area (Å²) in [5.74, 6) is -1.48. The molecule has 22 heavy (non-hydrogen) atoms. The van der Waals surface area contributed by atoms with E-state index in [4.69, 9.17) is 4.74 Å². The van der Waals surface area contributed by atoms with Crippen LogP contribution in [0.5, 0.6) is 0 Å². The summed E-state index contributed by atoms with van der Waals surface area (Å²) < 4.78 is 18.6. The number of hydrogen-bond donors (Lipinski definition) is 1. The molecule has 2 aromatic carbocycles. The summed E-state index contributed by atoms with van der Waals surface area (Å²) in [5, 5.41) is 2.55. The van der Waals surface area contributed by atoms with Gasteiger partial charge in [-0.05, 0) is 49.4 Å². The van der Waals surface area contributed by atoms with Crippen LogP contribution in [0.1, 0.15) is 17.3 Å². The molecule has 0 radical (unpaired) electrons. The van der Waals surface area contributed by atoms with Crippen LogP contribution in [0.15, 0.2) is 53.0 Å². The van der Waals surface area contributed by atoms with E-state index in [0.29, 0.717) is 11.3 Å². The minimum Gasteiger partial charge on any atom is -0.449 e. The Hall–Kier alpha value is -2.21. The summed E-state index contributed by atoms with van der Waals surface area (Å²) >= 11 is 3.26. The maximum Gasteiger partial charge on any atom is 0.338 e. The zero-order chi connectivity index (χ0) is 16.1. The average molecular weight is 366 g/mol. The Kier molecular flexibility index (Phi) is 5.27. The molecule has 0 spiro atoms. The third-order valence-corrected chi connectivity index (χ3v) is 3.32. The fourth-order valence-electron chi connectivity index (χ4n) is 1.67. The molecule has 1 atom stereocenters. The fourth-order valence-corrected chi connectivity index (χ4v) is 2.07. The maximum absolute atomic E-state index is 12.8. The number of carbonyl (C=O) groups excluding carboxylic acids is 2. The average Bonchev–Trinajstić information content (AvgIpc) is 2.49. The molecular formula is C16H13BrFNO3.